The average molecular weight is 261 g/mol. The maximum absolute atomic E-state index is 11.6. The number of hydrogen-bond donors (Lipinski definition) is 2. The van der Waals surface area contributed by atoms with E-state index in [9.17, 15) is 4.79 Å². The third-order valence-electron chi connectivity index (χ3n) is 4.05. The Morgan fingerprint density at radius 2 is 1.95 bits per heavy atom. The molecule has 19 heavy (non-hydrogen) atoms. The van der Waals surface area contributed by atoms with Gasteiger partial charge >= 0.3 is 0 Å². The van der Waals surface area contributed by atoms with Gasteiger partial charge in [-0.05, 0) is 42.9 Å². The van der Waals surface area contributed by atoms with Crippen LogP contribution in [0.15, 0.2) is 24.3 Å². The number of amides is 1. The molecule has 1 unspecified atom stereocenters. The van der Waals surface area contributed by atoms with Crippen LogP contribution in [0.2, 0.25) is 0 Å². The zero-order valence-electron chi connectivity index (χ0n) is 11.7. The van der Waals surface area contributed by atoms with E-state index in [0.29, 0.717) is 6.54 Å². The SMILES string of the molecule is CCc1ccc(N(C)CC(N)(C(N)=O)C2CC2)cc1. The quantitative estimate of drug-likeness (QED) is 0.810. The first-order valence-electron chi connectivity index (χ1n) is 6.86. The first-order chi connectivity index (χ1) is 8.97. The summed E-state index contributed by atoms with van der Waals surface area (Å²) < 4.78 is 0. The number of anilines is 1. The molecule has 0 radical (unpaired) electrons. The molecular formula is C15H23N3O. The van der Waals surface area contributed by atoms with Crippen LogP contribution in [0.3, 0.4) is 0 Å². The van der Waals surface area contributed by atoms with Gasteiger partial charge in [-0.15, -0.1) is 0 Å². The molecule has 0 saturated heterocycles. The molecule has 0 spiro atoms. The van der Waals surface area contributed by atoms with Gasteiger partial charge in [-0.25, -0.2) is 0 Å². The van der Waals surface area contributed by atoms with E-state index < -0.39 is 11.4 Å². The number of carbonyl (C=O) groups is 1. The molecule has 4 nitrogen and oxygen atoms in total. The summed E-state index contributed by atoms with van der Waals surface area (Å²) in [6.45, 7) is 2.60. The molecule has 1 aliphatic rings. The summed E-state index contributed by atoms with van der Waals surface area (Å²) in [4.78, 5) is 13.7. The second-order valence-corrected chi connectivity index (χ2v) is 5.55. The van der Waals surface area contributed by atoms with E-state index in [1.165, 1.54) is 5.56 Å². The highest BCUT2D eigenvalue weighted by Gasteiger charge is 2.47. The molecule has 1 saturated carbocycles. The van der Waals surface area contributed by atoms with Crippen LogP contribution in [0.5, 0.6) is 0 Å². The monoisotopic (exact) mass is 261 g/mol. The number of nitrogens with zero attached hydrogens (tertiary/aromatic N) is 1. The van der Waals surface area contributed by atoms with Gasteiger partial charge in [0.25, 0.3) is 0 Å². The van der Waals surface area contributed by atoms with Crippen LogP contribution >= 0.6 is 0 Å². The molecule has 104 valence electrons. The van der Waals surface area contributed by atoms with Crippen molar-refractivity contribution in [3.05, 3.63) is 29.8 Å². The average Bonchev–Trinajstić information content (AvgIpc) is 3.23. The van der Waals surface area contributed by atoms with E-state index in [0.717, 1.165) is 24.9 Å². The fourth-order valence-corrected chi connectivity index (χ4v) is 2.48. The fraction of sp³-hybridized carbons (Fsp3) is 0.533. The number of carbonyl (C=O) groups excluding carboxylic acids is 1. The Morgan fingerprint density at radius 1 is 1.37 bits per heavy atom. The molecule has 1 fully saturated rings. The summed E-state index contributed by atoms with van der Waals surface area (Å²) in [6, 6.07) is 8.33. The van der Waals surface area contributed by atoms with E-state index in [1.807, 2.05) is 11.9 Å². The van der Waals surface area contributed by atoms with Gasteiger partial charge in [0.05, 0.1) is 0 Å². The van der Waals surface area contributed by atoms with Gasteiger partial charge in [0.15, 0.2) is 0 Å². The minimum atomic E-state index is -0.905. The Bertz CT molecular complexity index is 453. The molecule has 0 aromatic heterocycles. The minimum Gasteiger partial charge on any atom is -0.372 e. The second-order valence-electron chi connectivity index (χ2n) is 5.55. The van der Waals surface area contributed by atoms with Crippen LogP contribution in [0.1, 0.15) is 25.3 Å². The highest BCUT2D eigenvalue weighted by molar-refractivity contribution is 5.86. The van der Waals surface area contributed by atoms with Crippen molar-refractivity contribution in [2.75, 3.05) is 18.5 Å². The van der Waals surface area contributed by atoms with Gasteiger partial charge < -0.3 is 16.4 Å². The number of aryl methyl sites for hydroxylation is 1. The maximum Gasteiger partial charge on any atom is 0.239 e. The van der Waals surface area contributed by atoms with Crippen molar-refractivity contribution in [2.45, 2.75) is 31.7 Å². The van der Waals surface area contributed by atoms with Crippen molar-refractivity contribution in [1.29, 1.82) is 0 Å². The van der Waals surface area contributed by atoms with Crippen molar-refractivity contribution in [2.24, 2.45) is 17.4 Å². The molecule has 1 atom stereocenters. The summed E-state index contributed by atoms with van der Waals surface area (Å²) >= 11 is 0. The van der Waals surface area contributed by atoms with Crippen LogP contribution in [-0.4, -0.2) is 25.0 Å². The number of rotatable bonds is 6. The third kappa shape index (κ3) is 2.89. The van der Waals surface area contributed by atoms with Gasteiger partial charge in [0.2, 0.25) is 5.91 Å². The molecule has 0 heterocycles. The molecule has 2 rings (SSSR count). The molecule has 1 amide bonds. The lowest BCUT2D eigenvalue weighted by Gasteiger charge is -2.32. The number of hydrogen-bond acceptors (Lipinski definition) is 3. The largest absolute Gasteiger partial charge is 0.372 e. The van der Waals surface area contributed by atoms with E-state index >= 15 is 0 Å². The lowest BCUT2D eigenvalue weighted by Crippen LogP contribution is -2.60. The van der Waals surface area contributed by atoms with E-state index in [4.69, 9.17) is 11.5 Å². The maximum atomic E-state index is 11.6. The molecule has 4 N–H and O–H groups in total. The second kappa shape index (κ2) is 5.21. The molecule has 0 aliphatic heterocycles. The summed E-state index contributed by atoms with van der Waals surface area (Å²) in [5.41, 5.74) is 13.2. The molecule has 1 aromatic rings. The zero-order valence-corrected chi connectivity index (χ0v) is 11.7. The Hall–Kier alpha value is -1.55. The topological polar surface area (TPSA) is 72.3 Å². The Morgan fingerprint density at radius 3 is 2.37 bits per heavy atom. The number of benzene rings is 1. The number of likely N-dealkylation sites (N-methyl/N-ethyl adjacent to an activating group) is 1. The molecule has 0 bridgehead atoms. The van der Waals surface area contributed by atoms with Gasteiger partial charge in [-0.2, -0.15) is 0 Å². The van der Waals surface area contributed by atoms with Crippen LogP contribution in [0.4, 0.5) is 5.69 Å². The summed E-state index contributed by atoms with van der Waals surface area (Å²) in [7, 11) is 1.95. The fourth-order valence-electron chi connectivity index (χ4n) is 2.48. The van der Waals surface area contributed by atoms with Gasteiger partial charge in [0, 0.05) is 19.3 Å². The highest BCUT2D eigenvalue weighted by Crippen LogP contribution is 2.39. The van der Waals surface area contributed by atoms with Crippen molar-refractivity contribution in [1.82, 2.24) is 0 Å². The van der Waals surface area contributed by atoms with Crippen molar-refractivity contribution >= 4 is 11.6 Å². The van der Waals surface area contributed by atoms with Crippen LogP contribution in [-0.2, 0) is 11.2 Å². The predicted molar refractivity (Wildman–Crippen MR) is 77.9 cm³/mol. The first-order valence-corrected chi connectivity index (χ1v) is 6.86. The van der Waals surface area contributed by atoms with Crippen molar-refractivity contribution < 1.29 is 4.79 Å². The van der Waals surface area contributed by atoms with E-state index in [2.05, 4.69) is 31.2 Å². The summed E-state index contributed by atoms with van der Waals surface area (Å²) in [5.74, 6) is -0.158. The highest BCUT2D eigenvalue weighted by atomic mass is 16.1. The standard InChI is InChI=1S/C15H23N3O/c1-3-11-4-8-13(9-5-11)18(2)10-15(17,14(16)19)12-6-7-12/h4-5,8-9,12H,3,6-7,10,17H2,1-2H3,(H2,16,19). The van der Waals surface area contributed by atoms with Crippen molar-refractivity contribution in [3.8, 4) is 0 Å². The summed E-state index contributed by atoms with van der Waals surface area (Å²) in [6.07, 6.45) is 3.03. The first kappa shape index (κ1) is 13.9. The summed E-state index contributed by atoms with van der Waals surface area (Å²) in [5, 5.41) is 0. The molecule has 4 heteroatoms. The van der Waals surface area contributed by atoms with Gasteiger partial charge in [-0.1, -0.05) is 19.1 Å². The molecule has 1 aliphatic carbocycles. The smallest absolute Gasteiger partial charge is 0.239 e. The molecular weight excluding hydrogens is 238 g/mol. The minimum absolute atomic E-state index is 0.238. The normalized spacial score (nSPS) is 17.8. The van der Waals surface area contributed by atoms with E-state index in [-0.39, 0.29) is 5.92 Å². The van der Waals surface area contributed by atoms with E-state index in [1.54, 1.807) is 0 Å². The number of primary amides is 1. The van der Waals surface area contributed by atoms with Gasteiger partial charge in [0.1, 0.15) is 5.54 Å². The Balaban J connectivity index is 2.10. The lowest BCUT2D eigenvalue weighted by molar-refractivity contribution is -0.123. The van der Waals surface area contributed by atoms with Crippen LogP contribution in [0.25, 0.3) is 0 Å². The lowest BCUT2D eigenvalue weighted by atomic mass is 9.93. The van der Waals surface area contributed by atoms with Crippen LogP contribution in [0, 0.1) is 5.92 Å². The predicted octanol–water partition coefficient (Wildman–Crippen LogP) is 1.28. The van der Waals surface area contributed by atoms with Crippen LogP contribution < -0.4 is 16.4 Å². The van der Waals surface area contributed by atoms with Gasteiger partial charge in [-0.3, -0.25) is 4.79 Å². The number of nitrogens with two attached hydrogens (primary N) is 2. The third-order valence-corrected chi connectivity index (χ3v) is 4.05. The Labute approximate surface area is 114 Å². The Kier molecular flexibility index (Phi) is 3.80. The zero-order chi connectivity index (χ0) is 14.0. The molecule has 1 aromatic carbocycles. The van der Waals surface area contributed by atoms with Crippen molar-refractivity contribution in [3.63, 3.8) is 0 Å².